The number of ether oxygens (including phenoxy) is 1. The van der Waals surface area contributed by atoms with E-state index in [1.807, 2.05) is 0 Å². The van der Waals surface area contributed by atoms with Crippen LogP contribution in [-0.4, -0.2) is 13.1 Å². The van der Waals surface area contributed by atoms with Gasteiger partial charge in [0.15, 0.2) is 0 Å². The van der Waals surface area contributed by atoms with Gasteiger partial charge in [0.1, 0.15) is 17.4 Å². The summed E-state index contributed by atoms with van der Waals surface area (Å²) in [4.78, 5) is 11.3. The number of hydrogen-bond donors (Lipinski definition) is 1. The van der Waals surface area contributed by atoms with Crippen LogP contribution < -0.4 is 5.73 Å². The van der Waals surface area contributed by atoms with E-state index in [0.717, 1.165) is 0 Å². The standard InChI is InChI=1S/C10H9NO3/c1-13-10(12)8-5-14-9-4-6(11)2-3-7(8)9/h2-5H,11H2,1H3. The smallest absolute Gasteiger partial charge is 0.341 e. The molecule has 0 saturated carbocycles. The Morgan fingerprint density at radius 1 is 1.50 bits per heavy atom. The van der Waals surface area contributed by atoms with E-state index in [1.165, 1.54) is 13.4 Å². The van der Waals surface area contributed by atoms with Crippen molar-refractivity contribution < 1.29 is 13.9 Å². The summed E-state index contributed by atoms with van der Waals surface area (Å²) in [5.41, 5.74) is 7.17. The summed E-state index contributed by atoms with van der Waals surface area (Å²) in [7, 11) is 1.33. The van der Waals surface area contributed by atoms with Crippen molar-refractivity contribution in [2.24, 2.45) is 0 Å². The fourth-order valence-corrected chi connectivity index (χ4v) is 1.31. The van der Waals surface area contributed by atoms with E-state index >= 15 is 0 Å². The Kier molecular flexibility index (Phi) is 1.89. The highest BCUT2D eigenvalue weighted by Crippen LogP contribution is 2.23. The molecule has 0 amide bonds. The molecule has 0 bridgehead atoms. The number of esters is 1. The number of methoxy groups -OCH3 is 1. The van der Waals surface area contributed by atoms with Crippen LogP contribution in [0.2, 0.25) is 0 Å². The Labute approximate surface area is 80.3 Å². The molecule has 1 aromatic heterocycles. The molecule has 0 aliphatic rings. The first-order valence-electron chi connectivity index (χ1n) is 4.07. The first kappa shape index (κ1) is 8.62. The van der Waals surface area contributed by atoms with Crippen LogP contribution in [0, 0.1) is 0 Å². The van der Waals surface area contributed by atoms with Crippen molar-refractivity contribution >= 4 is 22.6 Å². The van der Waals surface area contributed by atoms with Crippen LogP contribution in [0.15, 0.2) is 28.9 Å². The van der Waals surface area contributed by atoms with E-state index in [1.54, 1.807) is 18.2 Å². The van der Waals surface area contributed by atoms with Crippen LogP contribution in [0.25, 0.3) is 11.0 Å². The van der Waals surface area contributed by atoms with Crippen LogP contribution in [-0.2, 0) is 4.74 Å². The molecule has 72 valence electrons. The first-order valence-corrected chi connectivity index (χ1v) is 4.07. The Morgan fingerprint density at radius 3 is 3.00 bits per heavy atom. The lowest BCUT2D eigenvalue weighted by Gasteiger charge is -1.95. The minimum absolute atomic E-state index is 0.409. The van der Waals surface area contributed by atoms with Crippen molar-refractivity contribution in [2.45, 2.75) is 0 Å². The number of benzene rings is 1. The number of fused-ring (bicyclic) bond motifs is 1. The zero-order valence-corrected chi connectivity index (χ0v) is 7.61. The predicted octanol–water partition coefficient (Wildman–Crippen LogP) is 1.80. The highest BCUT2D eigenvalue weighted by Gasteiger charge is 2.13. The van der Waals surface area contributed by atoms with Gasteiger partial charge < -0.3 is 14.9 Å². The Bertz CT molecular complexity index is 487. The fraction of sp³-hybridized carbons (Fsp3) is 0.100. The van der Waals surface area contributed by atoms with Gasteiger partial charge in [0, 0.05) is 17.1 Å². The van der Waals surface area contributed by atoms with E-state index in [4.69, 9.17) is 10.2 Å². The Hall–Kier alpha value is -1.97. The molecule has 0 unspecified atom stereocenters. The third-order valence-electron chi connectivity index (χ3n) is 2.00. The zero-order chi connectivity index (χ0) is 10.1. The van der Waals surface area contributed by atoms with Crippen LogP contribution in [0.4, 0.5) is 5.69 Å². The number of nitrogens with two attached hydrogens (primary N) is 1. The van der Waals surface area contributed by atoms with Gasteiger partial charge in [0.25, 0.3) is 0 Å². The third-order valence-corrected chi connectivity index (χ3v) is 2.00. The Balaban J connectivity index is 2.64. The number of furan rings is 1. The maximum absolute atomic E-state index is 11.3. The SMILES string of the molecule is COC(=O)c1coc2cc(N)ccc12. The van der Waals surface area contributed by atoms with Gasteiger partial charge in [0.2, 0.25) is 0 Å². The van der Waals surface area contributed by atoms with Crippen molar-refractivity contribution in [3.63, 3.8) is 0 Å². The van der Waals surface area contributed by atoms with E-state index in [-0.39, 0.29) is 0 Å². The van der Waals surface area contributed by atoms with Gasteiger partial charge in [-0.3, -0.25) is 0 Å². The molecule has 0 aliphatic heterocycles. The summed E-state index contributed by atoms with van der Waals surface area (Å²) < 4.78 is 9.77. The second kappa shape index (κ2) is 3.06. The van der Waals surface area contributed by atoms with Crippen molar-refractivity contribution in [1.82, 2.24) is 0 Å². The second-order valence-electron chi connectivity index (χ2n) is 2.90. The maximum Gasteiger partial charge on any atom is 0.341 e. The molecule has 0 spiro atoms. The number of nitrogen functional groups attached to an aromatic ring is 1. The maximum atomic E-state index is 11.3. The molecule has 2 rings (SSSR count). The molecule has 2 aromatic rings. The summed E-state index contributed by atoms with van der Waals surface area (Å²) in [6.45, 7) is 0. The molecule has 0 atom stereocenters. The number of carbonyl (C=O) groups is 1. The molecular weight excluding hydrogens is 182 g/mol. The van der Waals surface area contributed by atoms with Crippen molar-refractivity contribution in [2.75, 3.05) is 12.8 Å². The molecule has 0 saturated heterocycles. The molecule has 0 radical (unpaired) electrons. The monoisotopic (exact) mass is 191 g/mol. The van der Waals surface area contributed by atoms with Crippen molar-refractivity contribution in [3.8, 4) is 0 Å². The molecule has 1 aromatic carbocycles. The summed E-state index contributed by atoms with van der Waals surface area (Å²) in [6.07, 6.45) is 1.37. The number of rotatable bonds is 1. The molecule has 14 heavy (non-hydrogen) atoms. The molecule has 1 heterocycles. The lowest BCUT2D eigenvalue weighted by atomic mass is 10.1. The average Bonchev–Trinajstić information content (AvgIpc) is 2.59. The zero-order valence-electron chi connectivity index (χ0n) is 7.61. The van der Waals surface area contributed by atoms with E-state index in [2.05, 4.69) is 4.74 Å². The quantitative estimate of drug-likeness (QED) is 0.551. The normalized spacial score (nSPS) is 10.4. The highest BCUT2D eigenvalue weighted by atomic mass is 16.5. The van der Waals surface area contributed by atoms with Gasteiger partial charge in [0.05, 0.1) is 7.11 Å². The van der Waals surface area contributed by atoms with Gasteiger partial charge >= 0.3 is 5.97 Å². The molecule has 4 nitrogen and oxygen atoms in total. The van der Waals surface area contributed by atoms with Crippen LogP contribution in [0.3, 0.4) is 0 Å². The van der Waals surface area contributed by atoms with Gasteiger partial charge in [-0.15, -0.1) is 0 Å². The van der Waals surface area contributed by atoms with Crippen molar-refractivity contribution in [3.05, 3.63) is 30.0 Å². The minimum Gasteiger partial charge on any atom is -0.465 e. The second-order valence-corrected chi connectivity index (χ2v) is 2.90. The fourth-order valence-electron chi connectivity index (χ4n) is 1.31. The van der Waals surface area contributed by atoms with Crippen LogP contribution >= 0.6 is 0 Å². The van der Waals surface area contributed by atoms with E-state index in [0.29, 0.717) is 22.2 Å². The molecule has 0 aliphatic carbocycles. The van der Waals surface area contributed by atoms with Gasteiger partial charge in [-0.05, 0) is 12.1 Å². The number of anilines is 1. The lowest BCUT2D eigenvalue weighted by molar-refractivity contribution is 0.0602. The van der Waals surface area contributed by atoms with Gasteiger partial charge in [-0.2, -0.15) is 0 Å². The van der Waals surface area contributed by atoms with Crippen LogP contribution in [0.1, 0.15) is 10.4 Å². The summed E-state index contributed by atoms with van der Waals surface area (Å²) in [5, 5.41) is 0.714. The van der Waals surface area contributed by atoms with E-state index < -0.39 is 5.97 Å². The van der Waals surface area contributed by atoms with E-state index in [9.17, 15) is 4.79 Å². The van der Waals surface area contributed by atoms with Crippen molar-refractivity contribution in [1.29, 1.82) is 0 Å². The predicted molar refractivity (Wildman–Crippen MR) is 52.0 cm³/mol. The third kappa shape index (κ3) is 1.21. The number of hydrogen-bond acceptors (Lipinski definition) is 4. The summed E-state index contributed by atoms with van der Waals surface area (Å²) >= 11 is 0. The summed E-state index contributed by atoms with van der Waals surface area (Å²) in [6, 6.07) is 5.12. The van der Waals surface area contributed by atoms with Gasteiger partial charge in [-0.1, -0.05) is 0 Å². The lowest BCUT2D eigenvalue weighted by Crippen LogP contribution is -1.99. The minimum atomic E-state index is -0.409. The van der Waals surface area contributed by atoms with Crippen LogP contribution in [0.5, 0.6) is 0 Å². The average molecular weight is 191 g/mol. The molecule has 2 N–H and O–H groups in total. The Morgan fingerprint density at radius 2 is 2.29 bits per heavy atom. The molecular formula is C10H9NO3. The molecule has 4 heteroatoms. The molecule has 0 fully saturated rings. The van der Waals surface area contributed by atoms with Gasteiger partial charge in [-0.25, -0.2) is 4.79 Å². The summed E-state index contributed by atoms with van der Waals surface area (Å²) in [5.74, 6) is -0.409. The largest absolute Gasteiger partial charge is 0.465 e. The topological polar surface area (TPSA) is 65.5 Å². The first-order chi connectivity index (χ1) is 6.72. The number of carbonyl (C=O) groups excluding carboxylic acids is 1. The highest BCUT2D eigenvalue weighted by molar-refractivity contribution is 6.03.